The fourth-order valence-corrected chi connectivity index (χ4v) is 8.82. The summed E-state index contributed by atoms with van der Waals surface area (Å²) in [5, 5.41) is 0. The van der Waals surface area contributed by atoms with E-state index in [0.717, 1.165) is 29.9 Å². The zero-order valence-electron chi connectivity index (χ0n) is 34.7. The molecule has 0 fully saturated rings. The van der Waals surface area contributed by atoms with E-state index < -0.39 is 0 Å². The average Bonchev–Trinajstić information content (AvgIpc) is 3.36. The van der Waals surface area contributed by atoms with Crippen LogP contribution in [0.25, 0.3) is 39.0 Å². The van der Waals surface area contributed by atoms with E-state index in [-0.39, 0.29) is 6.04 Å². The van der Waals surface area contributed by atoms with Gasteiger partial charge in [-0.3, -0.25) is 0 Å². The number of rotatable bonds is 11. The minimum Gasteiger partial charge on any atom is -0.334 e. The molecule has 62 heavy (non-hydrogen) atoms. The molecular formula is C60H48N2. The molecule has 0 N–H and O–H groups in total. The third-order valence-electron chi connectivity index (χ3n) is 12.2. The lowest BCUT2D eigenvalue weighted by Crippen LogP contribution is -2.30. The van der Waals surface area contributed by atoms with Gasteiger partial charge in [-0.1, -0.05) is 194 Å². The Hall–Kier alpha value is -7.68. The van der Waals surface area contributed by atoms with Crippen molar-refractivity contribution in [2.45, 2.75) is 24.8 Å². The van der Waals surface area contributed by atoms with E-state index >= 15 is 0 Å². The second kappa shape index (κ2) is 17.9. The normalized spacial score (nSPS) is 15.5. The maximum atomic E-state index is 2.46. The average molecular weight is 797 g/mol. The zero-order chi connectivity index (χ0) is 41.5. The minimum absolute atomic E-state index is 0.188. The number of nitrogens with zero attached hydrogens (tertiary/aromatic N) is 2. The van der Waals surface area contributed by atoms with Crippen LogP contribution in [0, 0.1) is 0 Å². The van der Waals surface area contributed by atoms with Crippen molar-refractivity contribution >= 4 is 34.0 Å². The quantitative estimate of drug-likeness (QED) is 0.129. The van der Waals surface area contributed by atoms with Crippen molar-refractivity contribution in [3.05, 3.63) is 266 Å². The van der Waals surface area contributed by atoms with Crippen molar-refractivity contribution in [3.63, 3.8) is 0 Å². The van der Waals surface area contributed by atoms with Crippen LogP contribution < -0.4 is 9.80 Å². The van der Waals surface area contributed by atoms with Gasteiger partial charge in [0, 0.05) is 34.4 Å². The number of anilines is 5. The smallest absolute Gasteiger partial charge is 0.0560 e. The van der Waals surface area contributed by atoms with Gasteiger partial charge in [-0.2, -0.15) is 0 Å². The Kier molecular flexibility index (Phi) is 11.1. The predicted molar refractivity (Wildman–Crippen MR) is 264 cm³/mol. The van der Waals surface area contributed by atoms with Crippen LogP contribution in [0.3, 0.4) is 0 Å². The Labute approximate surface area is 366 Å². The molecule has 0 radical (unpaired) electrons. The lowest BCUT2D eigenvalue weighted by Gasteiger charge is -2.33. The Bertz CT molecular complexity index is 2840. The lowest BCUT2D eigenvalue weighted by molar-refractivity contribution is 0.787. The van der Waals surface area contributed by atoms with Crippen molar-refractivity contribution < 1.29 is 0 Å². The number of allylic oxidation sites excluding steroid dienone is 6. The summed E-state index contributed by atoms with van der Waals surface area (Å²) in [5.74, 6) is 0.413. The highest BCUT2D eigenvalue weighted by Gasteiger charge is 2.21. The van der Waals surface area contributed by atoms with E-state index in [1.165, 1.54) is 61.5 Å². The monoisotopic (exact) mass is 796 g/mol. The molecule has 2 atom stereocenters. The molecule has 8 aromatic rings. The number of hydrogen-bond donors (Lipinski definition) is 0. The number of hydrogen-bond acceptors (Lipinski definition) is 2. The second-order valence-corrected chi connectivity index (χ2v) is 16.1. The first-order valence-corrected chi connectivity index (χ1v) is 21.7. The zero-order valence-corrected chi connectivity index (χ0v) is 34.7. The first-order valence-electron chi connectivity index (χ1n) is 21.7. The third-order valence-corrected chi connectivity index (χ3v) is 12.2. The van der Waals surface area contributed by atoms with Crippen LogP contribution in [0.4, 0.5) is 28.4 Å². The fourth-order valence-electron chi connectivity index (χ4n) is 8.82. The van der Waals surface area contributed by atoms with E-state index in [9.17, 15) is 0 Å². The van der Waals surface area contributed by atoms with Crippen LogP contribution in [0.5, 0.6) is 0 Å². The summed E-state index contributed by atoms with van der Waals surface area (Å²) in [6, 6.07) is 77.1. The highest BCUT2D eigenvalue weighted by atomic mass is 15.2. The fraction of sp³-hybridized carbons (Fsp3) is 0.0667. The van der Waals surface area contributed by atoms with Crippen molar-refractivity contribution in [1.82, 2.24) is 0 Å². The third kappa shape index (κ3) is 8.37. The van der Waals surface area contributed by atoms with Crippen LogP contribution in [0.15, 0.2) is 255 Å². The summed E-state index contributed by atoms with van der Waals surface area (Å²) >= 11 is 0. The van der Waals surface area contributed by atoms with Gasteiger partial charge in [0.15, 0.2) is 0 Å². The highest BCUT2D eigenvalue weighted by Crippen LogP contribution is 2.39. The molecule has 8 aromatic carbocycles. The van der Waals surface area contributed by atoms with E-state index in [0.29, 0.717) is 5.92 Å². The Morgan fingerprint density at radius 1 is 0.339 bits per heavy atom. The van der Waals surface area contributed by atoms with Gasteiger partial charge in [0.25, 0.3) is 0 Å². The first-order chi connectivity index (χ1) is 30.7. The van der Waals surface area contributed by atoms with Gasteiger partial charge in [-0.25, -0.2) is 0 Å². The van der Waals surface area contributed by atoms with Crippen molar-refractivity contribution in [2.75, 3.05) is 9.80 Å². The number of para-hydroxylation sites is 1. The molecule has 2 nitrogen and oxygen atoms in total. The summed E-state index contributed by atoms with van der Waals surface area (Å²) in [5.41, 5.74) is 16.8. The molecule has 0 saturated carbocycles. The van der Waals surface area contributed by atoms with Crippen LogP contribution >= 0.6 is 0 Å². The lowest BCUT2D eigenvalue weighted by atomic mass is 9.92. The largest absolute Gasteiger partial charge is 0.334 e. The first kappa shape index (κ1) is 38.5. The SMILES string of the molecule is C1=CCC(c2ccc(N(c3ccc(-c4ccccc4)cc3)c3ccc(-c4ccc(N(c5ccccc5)C5C=CC(c6ccc(-c7ccccc7)cc6)=CC5)cc4)cc3)cc2)C=C1. The maximum Gasteiger partial charge on any atom is 0.0560 e. The predicted octanol–water partition coefficient (Wildman–Crippen LogP) is 16.3. The Morgan fingerprint density at radius 3 is 1.23 bits per heavy atom. The van der Waals surface area contributed by atoms with Crippen molar-refractivity contribution in [3.8, 4) is 33.4 Å². The summed E-state index contributed by atoms with van der Waals surface area (Å²) < 4.78 is 0. The second-order valence-electron chi connectivity index (χ2n) is 16.1. The molecular weight excluding hydrogens is 749 g/mol. The molecule has 0 aliphatic heterocycles. The van der Waals surface area contributed by atoms with E-state index in [1.807, 2.05) is 0 Å². The van der Waals surface area contributed by atoms with Gasteiger partial charge < -0.3 is 9.80 Å². The summed E-state index contributed by atoms with van der Waals surface area (Å²) in [4.78, 5) is 4.82. The van der Waals surface area contributed by atoms with Crippen LogP contribution in [-0.2, 0) is 0 Å². The van der Waals surface area contributed by atoms with Crippen LogP contribution in [0.1, 0.15) is 29.9 Å². The number of benzene rings is 8. The molecule has 0 aromatic heterocycles. The van der Waals surface area contributed by atoms with Gasteiger partial charge in [-0.15, -0.1) is 0 Å². The molecule has 0 heterocycles. The van der Waals surface area contributed by atoms with E-state index in [1.54, 1.807) is 0 Å². The molecule has 298 valence electrons. The van der Waals surface area contributed by atoms with Gasteiger partial charge >= 0.3 is 0 Å². The van der Waals surface area contributed by atoms with E-state index in [4.69, 9.17) is 0 Å². The minimum atomic E-state index is 0.188. The summed E-state index contributed by atoms with van der Waals surface area (Å²) in [6.07, 6.45) is 17.8. The van der Waals surface area contributed by atoms with Crippen molar-refractivity contribution in [2.24, 2.45) is 0 Å². The molecule has 2 aliphatic rings. The Balaban J connectivity index is 0.897. The van der Waals surface area contributed by atoms with Crippen LogP contribution in [0.2, 0.25) is 0 Å². The van der Waals surface area contributed by atoms with Crippen molar-refractivity contribution in [1.29, 1.82) is 0 Å². The van der Waals surface area contributed by atoms with Crippen LogP contribution in [-0.4, -0.2) is 6.04 Å². The molecule has 0 amide bonds. The summed E-state index contributed by atoms with van der Waals surface area (Å²) in [7, 11) is 0. The standard InChI is InChI=1S/C60H48N2/c1-5-13-45(14-6-1)48-21-23-49(24-22-48)52-29-39-56(40-30-52)61(55-19-11-4-12-20-55)57-41-31-53(32-42-57)54-33-43-60(44-34-54)62(58-35-25-50(26-36-58)46-15-7-2-8-16-46)59-37-27-51(28-38-59)47-17-9-3-10-18-47/h1-17,19-39,41-44,47,56H,18,40H2. The van der Waals surface area contributed by atoms with Gasteiger partial charge in [0.2, 0.25) is 0 Å². The molecule has 10 rings (SSSR count). The van der Waals surface area contributed by atoms with E-state index in [2.05, 4.69) is 265 Å². The highest BCUT2D eigenvalue weighted by molar-refractivity contribution is 5.81. The van der Waals surface area contributed by atoms with Gasteiger partial charge in [-0.05, 0) is 124 Å². The maximum absolute atomic E-state index is 2.46. The topological polar surface area (TPSA) is 6.48 Å². The van der Waals surface area contributed by atoms with Gasteiger partial charge in [0.1, 0.15) is 0 Å². The molecule has 0 spiro atoms. The molecule has 0 saturated heterocycles. The molecule has 2 heteroatoms. The summed E-state index contributed by atoms with van der Waals surface area (Å²) in [6.45, 7) is 0. The molecule has 0 bridgehead atoms. The molecule has 2 aliphatic carbocycles. The van der Waals surface area contributed by atoms with Gasteiger partial charge in [0.05, 0.1) is 6.04 Å². The molecule has 2 unspecified atom stereocenters. The Morgan fingerprint density at radius 2 is 0.758 bits per heavy atom.